The summed E-state index contributed by atoms with van der Waals surface area (Å²) in [4.78, 5) is 37.5. The van der Waals surface area contributed by atoms with E-state index < -0.39 is 5.97 Å². The zero-order chi connectivity index (χ0) is 30.1. The molecule has 6 rings (SSSR count). The molecule has 2 aromatic carbocycles. The van der Waals surface area contributed by atoms with E-state index in [-0.39, 0.29) is 5.97 Å². The van der Waals surface area contributed by atoms with E-state index in [4.69, 9.17) is 9.47 Å². The standard InChI is InChI=1S/C15H11BrN2O2.C15H12N2O2.BHNS/c1-20-15(19)14-13(16)11-5-4-9(7-12(11)18-14)10-3-2-6-17-8-10;1-19-15(18)14-8-11-5-4-10(7-13(11)17-14)12-3-2-6-16-9-12;1-2-3/h2-8,18H,1H3;2-9,17H,1H3;3H. The maximum absolute atomic E-state index is 11.7. The minimum absolute atomic E-state index is 0.362. The number of nitrogens with one attached hydrogen (secondary N) is 2. The molecule has 0 aliphatic rings. The van der Waals surface area contributed by atoms with Gasteiger partial charge in [-0.1, -0.05) is 36.4 Å². The Labute approximate surface area is 256 Å². The number of ether oxygens (including phenoxy) is 2. The van der Waals surface area contributed by atoms with Crippen molar-refractivity contribution in [2.45, 2.75) is 0 Å². The second-order valence-electron chi connectivity index (χ2n) is 8.64. The fraction of sp³-hybridized carbons (Fsp3) is 0.0667. The van der Waals surface area contributed by atoms with Gasteiger partial charge in [-0.15, -0.1) is 0 Å². The van der Waals surface area contributed by atoms with Crippen LogP contribution in [0.5, 0.6) is 0 Å². The molecule has 42 heavy (non-hydrogen) atoms. The molecule has 0 saturated carbocycles. The van der Waals surface area contributed by atoms with Gasteiger partial charge in [-0.05, 0) is 57.4 Å². The fourth-order valence-corrected chi connectivity index (χ4v) is 4.79. The zero-order valence-electron chi connectivity index (χ0n) is 22.5. The SMILES string of the molecule is COC(=O)c1[nH]c2cc(-c3cccnc3)ccc2c1Br.COC(=O)c1cc2ccc(-c3cccnc3)cc2[nH]1.[B]=NS. The number of aromatic amines is 2. The van der Waals surface area contributed by atoms with Crippen LogP contribution in [0, 0.1) is 0 Å². The Hall–Kier alpha value is -4.55. The minimum atomic E-state index is -0.393. The van der Waals surface area contributed by atoms with E-state index >= 15 is 0 Å². The Morgan fingerprint density at radius 2 is 1.38 bits per heavy atom. The summed E-state index contributed by atoms with van der Waals surface area (Å²) in [5.41, 5.74) is 6.82. The molecule has 1 radical (unpaired) electrons. The van der Waals surface area contributed by atoms with Crippen molar-refractivity contribution >= 4 is 70.1 Å². The molecule has 0 aliphatic carbocycles. The molecule has 0 saturated heterocycles. The second kappa shape index (κ2) is 14.4. The van der Waals surface area contributed by atoms with Crippen LogP contribution in [-0.2, 0) is 9.47 Å². The summed E-state index contributed by atoms with van der Waals surface area (Å²) < 4.78 is 12.9. The molecule has 0 amide bonds. The van der Waals surface area contributed by atoms with Crippen molar-refractivity contribution in [1.29, 1.82) is 0 Å². The van der Waals surface area contributed by atoms with Crippen LogP contribution < -0.4 is 0 Å². The summed E-state index contributed by atoms with van der Waals surface area (Å²) in [6, 6.07) is 21.5. The number of nitrogens with zero attached hydrogens (tertiary/aromatic N) is 3. The average Bonchev–Trinajstić information content (AvgIpc) is 3.62. The number of rotatable bonds is 4. The van der Waals surface area contributed by atoms with Crippen LogP contribution >= 0.6 is 28.7 Å². The van der Waals surface area contributed by atoms with Crippen LogP contribution in [0.1, 0.15) is 21.0 Å². The predicted molar refractivity (Wildman–Crippen MR) is 171 cm³/mol. The number of esters is 2. The van der Waals surface area contributed by atoms with Crippen LogP contribution in [0.15, 0.2) is 100 Å². The van der Waals surface area contributed by atoms with E-state index in [1.165, 1.54) is 14.2 Å². The Kier molecular flexibility index (Phi) is 10.4. The third kappa shape index (κ3) is 7.02. The number of aromatic nitrogens is 4. The van der Waals surface area contributed by atoms with Crippen molar-refractivity contribution in [1.82, 2.24) is 19.9 Å². The first-order valence-electron chi connectivity index (χ1n) is 12.4. The molecule has 4 heterocycles. The molecule has 12 heteroatoms. The van der Waals surface area contributed by atoms with Crippen LogP contribution in [0.25, 0.3) is 44.1 Å². The number of carbonyl (C=O) groups excluding carboxylic acids is 2. The first-order valence-corrected chi connectivity index (χ1v) is 13.5. The Bertz CT molecular complexity index is 1850. The first-order chi connectivity index (χ1) is 20.4. The van der Waals surface area contributed by atoms with E-state index in [0.717, 1.165) is 48.5 Å². The third-order valence-electron chi connectivity index (χ3n) is 6.14. The Morgan fingerprint density at radius 1 is 0.810 bits per heavy atom. The number of carbonyl (C=O) groups is 2. The van der Waals surface area contributed by atoms with Gasteiger partial charge in [-0.2, -0.15) is 0 Å². The van der Waals surface area contributed by atoms with Gasteiger partial charge in [0, 0.05) is 57.7 Å². The van der Waals surface area contributed by atoms with Crippen molar-refractivity contribution in [3.05, 3.63) is 107 Å². The normalized spacial score (nSPS) is 10.2. The number of thiol groups is 1. The van der Waals surface area contributed by atoms with Gasteiger partial charge in [0.15, 0.2) is 0 Å². The first kappa shape index (κ1) is 30.4. The maximum atomic E-state index is 11.7. The molecule has 0 atom stereocenters. The average molecular weight is 641 g/mol. The number of fused-ring (bicyclic) bond motifs is 2. The summed E-state index contributed by atoms with van der Waals surface area (Å²) in [6.45, 7) is 0. The van der Waals surface area contributed by atoms with Gasteiger partial charge in [0.25, 0.3) is 0 Å². The van der Waals surface area contributed by atoms with Gasteiger partial charge >= 0.3 is 36.7 Å². The van der Waals surface area contributed by atoms with Crippen LogP contribution in [0.2, 0.25) is 0 Å². The fourth-order valence-electron chi connectivity index (χ4n) is 4.18. The van der Waals surface area contributed by atoms with Crippen LogP contribution in [0.4, 0.5) is 0 Å². The Morgan fingerprint density at radius 3 is 1.93 bits per heavy atom. The second-order valence-corrected chi connectivity index (χ2v) is 9.67. The van der Waals surface area contributed by atoms with Gasteiger partial charge in [-0.25, -0.2) is 9.59 Å². The van der Waals surface area contributed by atoms with Crippen LogP contribution in [-0.4, -0.2) is 53.7 Å². The molecule has 6 aromatic rings. The van der Waals surface area contributed by atoms with Crippen molar-refractivity contribution in [2.75, 3.05) is 14.2 Å². The molecule has 2 N–H and O–H groups in total. The summed E-state index contributed by atoms with van der Waals surface area (Å²) >= 11 is 6.62. The zero-order valence-corrected chi connectivity index (χ0v) is 25.0. The number of hydrogen-bond donors (Lipinski definition) is 3. The summed E-state index contributed by atoms with van der Waals surface area (Å²) in [5.74, 6) is -0.755. The van der Waals surface area contributed by atoms with Gasteiger partial charge in [-0.3, -0.25) is 9.97 Å². The number of hydrogen-bond acceptors (Lipinski definition) is 8. The molecular weight excluding hydrogens is 617 g/mol. The molecular formula is C30H24BBrN5O4S. The summed E-state index contributed by atoms with van der Waals surface area (Å²) in [5, 5.41) is 1.92. The number of H-pyrrole nitrogens is 2. The van der Waals surface area contributed by atoms with Crippen molar-refractivity contribution in [2.24, 2.45) is 4.30 Å². The Balaban J connectivity index is 0.000000177. The molecule has 0 aliphatic heterocycles. The quantitative estimate of drug-likeness (QED) is 0.109. The van der Waals surface area contributed by atoms with Gasteiger partial charge < -0.3 is 19.4 Å². The monoisotopic (exact) mass is 640 g/mol. The van der Waals surface area contributed by atoms with E-state index in [1.54, 1.807) is 24.7 Å². The number of benzene rings is 2. The summed E-state index contributed by atoms with van der Waals surface area (Å²) in [7, 11) is 7.07. The number of halogens is 1. The number of methoxy groups -OCH3 is 2. The van der Waals surface area contributed by atoms with Gasteiger partial charge in [0.1, 0.15) is 11.4 Å². The van der Waals surface area contributed by atoms with E-state index in [0.29, 0.717) is 11.4 Å². The summed E-state index contributed by atoms with van der Waals surface area (Å²) in [6.07, 6.45) is 7.10. The predicted octanol–water partition coefficient (Wildman–Crippen LogP) is 6.98. The van der Waals surface area contributed by atoms with Gasteiger partial charge in [0.2, 0.25) is 0 Å². The molecule has 209 valence electrons. The van der Waals surface area contributed by atoms with E-state index in [1.807, 2.05) is 66.9 Å². The molecule has 0 fully saturated rings. The van der Waals surface area contributed by atoms with Crippen molar-refractivity contribution in [3.63, 3.8) is 0 Å². The molecule has 0 unspecified atom stereocenters. The van der Waals surface area contributed by atoms with E-state index in [2.05, 4.69) is 60.6 Å². The van der Waals surface area contributed by atoms with Crippen molar-refractivity contribution < 1.29 is 19.1 Å². The topological polar surface area (TPSA) is 122 Å². The molecule has 0 bridgehead atoms. The van der Waals surface area contributed by atoms with Crippen LogP contribution in [0.3, 0.4) is 0 Å². The number of pyridine rings is 2. The van der Waals surface area contributed by atoms with Gasteiger partial charge in [0.05, 0.1) is 18.7 Å². The van der Waals surface area contributed by atoms with Crippen molar-refractivity contribution in [3.8, 4) is 22.3 Å². The molecule has 4 aromatic heterocycles. The molecule has 9 nitrogen and oxygen atoms in total. The third-order valence-corrected chi connectivity index (χ3v) is 6.97. The van der Waals surface area contributed by atoms with E-state index in [9.17, 15) is 9.59 Å². The molecule has 0 spiro atoms.